The summed E-state index contributed by atoms with van der Waals surface area (Å²) in [4.78, 5) is 13.5. The van der Waals surface area contributed by atoms with E-state index in [2.05, 4.69) is 4.98 Å². The van der Waals surface area contributed by atoms with Gasteiger partial charge in [0.1, 0.15) is 5.75 Å². The number of aliphatic carboxylic acids is 1. The number of aromatic hydroxyl groups is 1. The summed E-state index contributed by atoms with van der Waals surface area (Å²) in [6.45, 7) is 0. The van der Waals surface area contributed by atoms with Crippen molar-refractivity contribution in [1.29, 1.82) is 0 Å². The second-order valence-electron chi connectivity index (χ2n) is 3.11. The molecule has 0 atom stereocenters. The van der Waals surface area contributed by atoms with Gasteiger partial charge in [-0.3, -0.25) is 4.79 Å². The zero-order valence-corrected chi connectivity index (χ0v) is 7.32. The molecule has 0 fully saturated rings. The lowest BCUT2D eigenvalue weighted by Crippen LogP contribution is -1.98. The van der Waals surface area contributed by atoms with Gasteiger partial charge >= 0.3 is 5.97 Å². The average Bonchev–Trinajstić information content (AvgIpc) is 2.47. The van der Waals surface area contributed by atoms with Crippen molar-refractivity contribution in [2.75, 3.05) is 0 Å². The smallest absolute Gasteiger partial charge is 0.307 e. The fraction of sp³-hybridized carbons (Fsp3) is 0.100. The molecule has 0 bridgehead atoms. The molecular formula is C10H9NO3. The molecule has 0 saturated heterocycles. The predicted molar refractivity (Wildman–Crippen MR) is 51.3 cm³/mol. The third-order valence-corrected chi connectivity index (χ3v) is 2.09. The first-order valence-electron chi connectivity index (χ1n) is 4.17. The van der Waals surface area contributed by atoms with Gasteiger partial charge in [0.05, 0.1) is 6.42 Å². The summed E-state index contributed by atoms with van der Waals surface area (Å²) in [6, 6.07) is 4.84. The minimum Gasteiger partial charge on any atom is -0.508 e. The summed E-state index contributed by atoms with van der Waals surface area (Å²) in [5.41, 5.74) is 1.52. The highest BCUT2D eigenvalue weighted by molar-refractivity contribution is 5.87. The molecule has 0 unspecified atom stereocenters. The number of rotatable bonds is 2. The molecule has 1 aromatic heterocycles. The SMILES string of the molecule is O=C(O)Cc1c[nH][13c]2[13cH][13cH][13c](O)[13cH][13c]12. The Hall–Kier alpha value is -1.97. The molecule has 0 radical (unpaired) electrons. The van der Waals surface area contributed by atoms with E-state index in [4.69, 9.17) is 5.11 Å². The molecule has 4 heteroatoms. The summed E-state index contributed by atoms with van der Waals surface area (Å²) in [5, 5.41) is 18.6. The Kier molecular flexibility index (Phi) is 1.89. The van der Waals surface area contributed by atoms with Crippen molar-refractivity contribution in [3.63, 3.8) is 0 Å². The van der Waals surface area contributed by atoms with Crippen molar-refractivity contribution in [1.82, 2.24) is 4.98 Å². The molecule has 3 N–H and O–H groups in total. The fourth-order valence-electron chi connectivity index (χ4n) is 1.48. The summed E-state index contributed by atoms with van der Waals surface area (Å²) >= 11 is 0. The van der Waals surface area contributed by atoms with Crippen LogP contribution in [0.3, 0.4) is 0 Å². The Morgan fingerprint density at radius 3 is 2.93 bits per heavy atom. The van der Waals surface area contributed by atoms with E-state index in [1.54, 1.807) is 24.4 Å². The van der Waals surface area contributed by atoms with Gasteiger partial charge in [-0.1, -0.05) is 0 Å². The van der Waals surface area contributed by atoms with Gasteiger partial charge in [-0.05, 0) is 23.8 Å². The van der Waals surface area contributed by atoms with Gasteiger partial charge < -0.3 is 15.2 Å². The molecule has 72 valence electrons. The van der Waals surface area contributed by atoms with E-state index in [0.29, 0.717) is 5.56 Å². The standard InChI is InChI=1S/C10H9NO3/c12-7-1-2-9-8(4-7)6(5-11-9)3-10(13)14/h1-2,4-5,11-12H,3H2,(H,13,14)/i1+1,2+1,4+1,7+1,8+1,9+1. The number of benzene rings is 1. The molecule has 0 saturated carbocycles. The Balaban J connectivity index is 2.55. The van der Waals surface area contributed by atoms with Crippen molar-refractivity contribution in [3.05, 3.63) is 30.0 Å². The van der Waals surface area contributed by atoms with Crippen LogP contribution in [0.1, 0.15) is 5.56 Å². The van der Waals surface area contributed by atoms with Crippen LogP contribution in [-0.2, 0) is 11.2 Å². The minimum absolute atomic E-state index is 0.0382. The van der Waals surface area contributed by atoms with Gasteiger partial charge in [0, 0.05) is 17.1 Å². The molecule has 2 rings (SSSR count). The molecule has 1 aromatic carbocycles. The number of phenols is 1. The van der Waals surface area contributed by atoms with Crippen molar-refractivity contribution in [3.8, 4) is 5.75 Å². The van der Waals surface area contributed by atoms with E-state index in [9.17, 15) is 9.90 Å². The Morgan fingerprint density at radius 2 is 2.21 bits per heavy atom. The Labute approximate surface area is 79.8 Å². The third-order valence-electron chi connectivity index (χ3n) is 2.09. The summed E-state index contributed by atoms with van der Waals surface area (Å²) in [5.74, 6) is -0.738. The molecule has 1 heterocycles. The predicted octanol–water partition coefficient (Wildman–Crippen LogP) is 1.50. The van der Waals surface area contributed by atoms with Gasteiger partial charge in [-0.2, -0.15) is 0 Å². The number of hydrogen-bond acceptors (Lipinski definition) is 2. The topological polar surface area (TPSA) is 73.3 Å². The quantitative estimate of drug-likeness (QED) is 0.683. The number of nitrogens with one attached hydrogen (secondary N) is 1. The first-order valence-corrected chi connectivity index (χ1v) is 4.17. The van der Waals surface area contributed by atoms with E-state index in [1.807, 2.05) is 0 Å². The summed E-state index contributed by atoms with van der Waals surface area (Å²) < 4.78 is 0. The Bertz CT molecular complexity index is 487. The van der Waals surface area contributed by atoms with E-state index >= 15 is 0 Å². The first-order chi connectivity index (χ1) is 6.66. The maximum absolute atomic E-state index is 10.5. The lowest BCUT2D eigenvalue weighted by Gasteiger charge is -1.95. The highest BCUT2D eigenvalue weighted by Crippen LogP contribution is 2.23. The molecule has 4 nitrogen and oxygen atoms in total. The maximum atomic E-state index is 10.5. The van der Waals surface area contributed by atoms with Crippen LogP contribution in [0.2, 0.25) is 0 Å². The largest absolute Gasteiger partial charge is 0.508 e. The third kappa shape index (κ3) is 1.42. The highest BCUT2D eigenvalue weighted by atomic mass is 16.4. The molecule has 0 aliphatic heterocycles. The van der Waals surface area contributed by atoms with Gasteiger partial charge in [0.15, 0.2) is 0 Å². The molecule has 0 aliphatic carbocycles. The average molecular weight is 197 g/mol. The fourth-order valence-corrected chi connectivity index (χ4v) is 1.48. The lowest BCUT2D eigenvalue weighted by molar-refractivity contribution is -0.136. The number of aromatic amines is 1. The number of H-pyrrole nitrogens is 1. The van der Waals surface area contributed by atoms with E-state index in [-0.39, 0.29) is 12.2 Å². The van der Waals surface area contributed by atoms with Crippen LogP contribution >= 0.6 is 0 Å². The van der Waals surface area contributed by atoms with Crippen LogP contribution in [0.25, 0.3) is 10.9 Å². The number of phenolic OH excluding ortho intramolecular Hbond substituents is 1. The van der Waals surface area contributed by atoms with Crippen LogP contribution in [0.4, 0.5) is 0 Å². The van der Waals surface area contributed by atoms with Crippen molar-refractivity contribution >= 4 is 16.9 Å². The first kappa shape index (κ1) is 8.62. The number of hydrogen-bond donors (Lipinski definition) is 3. The number of carboxylic acids is 1. The monoisotopic (exact) mass is 197 g/mol. The van der Waals surface area contributed by atoms with Gasteiger partial charge in [0.25, 0.3) is 0 Å². The second-order valence-corrected chi connectivity index (χ2v) is 3.11. The molecular weight excluding hydrogens is 188 g/mol. The van der Waals surface area contributed by atoms with Gasteiger partial charge in [-0.25, -0.2) is 0 Å². The van der Waals surface area contributed by atoms with Crippen LogP contribution in [0.5, 0.6) is 5.75 Å². The molecule has 14 heavy (non-hydrogen) atoms. The zero-order valence-electron chi connectivity index (χ0n) is 7.32. The number of fused-ring (bicyclic) bond motifs is 1. The van der Waals surface area contributed by atoms with Crippen LogP contribution in [-0.4, -0.2) is 21.2 Å². The number of carboxylic acid groups (broad SMARTS) is 1. The summed E-state index contributed by atoms with van der Waals surface area (Å²) in [7, 11) is 0. The molecule has 2 aromatic rings. The van der Waals surface area contributed by atoms with E-state index in [1.165, 1.54) is 0 Å². The van der Waals surface area contributed by atoms with Gasteiger partial charge in [0.2, 0.25) is 0 Å². The Morgan fingerprint density at radius 1 is 1.43 bits per heavy atom. The van der Waals surface area contributed by atoms with Crippen molar-refractivity contribution in [2.45, 2.75) is 6.42 Å². The second kappa shape index (κ2) is 3.06. The van der Waals surface area contributed by atoms with E-state index < -0.39 is 5.97 Å². The lowest BCUT2D eigenvalue weighted by atomic mass is 10.3. The highest BCUT2D eigenvalue weighted by Gasteiger charge is 2.07. The van der Waals surface area contributed by atoms with Crippen molar-refractivity contribution in [2.24, 2.45) is 0 Å². The van der Waals surface area contributed by atoms with Gasteiger partial charge in [-0.15, -0.1) is 0 Å². The maximum Gasteiger partial charge on any atom is 0.307 e. The molecule has 0 amide bonds. The van der Waals surface area contributed by atoms with Crippen molar-refractivity contribution < 1.29 is 15.0 Å². The van der Waals surface area contributed by atoms with Crippen LogP contribution < -0.4 is 0 Å². The normalized spacial score (nSPS) is 10.6. The van der Waals surface area contributed by atoms with E-state index in [0.717, 1.165) is 10.9 Å². The number of aromatic nitrogens is 1. The molecule has 0 spiro atoms. The molecule has 0 aliphatic rings. The van der Waals surface area contributed by atoms with Crippen LogP contribution in [0, 0.1) is 0 Å². The summed E-state index contributed by atoms with van der Waals surface area (Å²) in [6.07, 6.45) is 1.61. The zero-order chi connectivity index (χ0) is 10.1. The minimum atomic E-state index is -0.880. The number of carbonyl (C=O) groups is 1. The van der Waals surface area contributed by atoms with Crippen LogP contribution in [0.15, 0.2) is 24.4 Å².